The van der Waals surface area contributed by atoms with Crippen LogP contribution >= 0.6 is 0 Å². The van der Waals surface area contributed by atoms with E-state index in [1.807, 2.05) is 0 Å². The van der Waals surface area contributed by atoms with Gasteiger partial charge in [-0.15, -0.1) is 0 Å². The van der Waals surface area contributed by atoms with E-state index in [0.717, 1.165) is 25.1 Å². The van der Waals surface area contributed by atoms with Crippen LogP contribution < -0.4 is 0 Å². The molecular weight excluding hydrogens is 266 g/mol. The summed E-state index contributed by atoms with van der Waals surface area (Å²) in [6, 6.07) is 6.42. The van der Waals surface area contributed by atoms with E-state index >= 15 is 0 Å². The van der Waals surface area contributed by atoms with Gasteiger partial charge in [0.05, 0.1) is 19.3 Å². The van der Waals surface area contributed by atoms with Crippen LogP contribution in [-0.2, 0) is 22.3 Å². The topological polar surface area (TPSA) is 41.9 Å². The summed E-state index contributed by atoms with van der Waals surface area (Å²) in [5.41, 5.74) is 3.88. The molecule has 0 bridgehead atoms. The molecule has 0 aliphatic heterocycles. The maximum Gasteiger partial charge on any atom is 0.0917 e. The van der Waals surface area contributed by atoms with Gasteiger partial charge in [0, 0.05) is 33.9 Å². The molecule has 1 N–H and O–H groups in total. The van der Waals surface area contributed by atoms with Crippen LogP contribution in [-0.4, -0.2) is 57.1 Å². The highest BCUT2D eigenvalue weighted by Crippen LogP contribution is 2.25. The predicted molar refractivity (Wildman–Crippen MR) is 83.6 cm³/mol. The molecule has 1 unspecified atom stereocenters. The van der Waals surface area contributed by atoms with Gasteiger partial charge in [-0.05, 0) is 36.0 Å². The number of aryl methyl sites for hydroxylation is 2. The smallest absolute Gasteiger partial charge is 0.0917 e. The Balaban J connectivity index is 1.95. The second-order valence-corrected chi connectivity index (χ2v) is 5.68. The number of hydrogen-bond acceptors (Lipinski definition) is 4. The molecule has 1 aliphatic carbocycles. The molecule has 2 rings (SSSR count). The molecule has 0 amide bonds. The number of benzene rings is 1. The zero-order valence-corrected chi connectivity index (χ0v) is 13.2. The molecule has 21 heavy (non-hydrogen) atoms. The summed E-state index contributed by atoms with van der Waals surface area (Å²) in [6.45, 7) is 3.57. The van der Waals surface area contributed by atoms with Crippen molar-refractivity contribution < 1.29 is 14.6 Å². The monoisotopic (exact) mass is 293 g/mol. The van der Waals surface area contributed by atoms with Gasteiger partial charge in [-0.1, -0.05) is 18.2 Å². The number of rotatable bonds is 9. The molecule has 0 fully saturated rings. The molecular formula is C17H27NO3. The highest BCUT2D eigenvalue weighted by atomic mass is 16.5. The summed E-state index contributed by atoms with van der Waals surface area (Å²) in [4.78, 5) is 2.19. The van der Waals surface area contributed by atoms with Crippen LogP contribution in [0.1, 0.15) is 29.2 Å². The van der Waals surface area contributed by atoms with E-state index in [2.05, 4.69) is 23.1 Å². The molecule has 1 aromatic carbocycles. The quantitative estimate of drug-likeness (QED) is 0.754. The lowest BCUT2D eigenvalue weighted by molar-refractivity contribution is 0.0696. The Kier molecular flexibility index (Phi) is 6.64. The Morgan fingerprint density at radius 3 is 2.43 bits per heavy atom. The van der Waals surface area contributed by atoms with E-state index < -0.39 is 6.10 Å². The molecule has 0 radical (unpaired) electrons. The maximum absolute atomic E-state index is 10.5. The first-order valence-electron chi connectivity index (χ1n) is 7.74. The van der Waals surface area contributed by atoms with Crippen molar-refractivity contribution >= 4 is 0 Å². The second kappa shape index (κ2) is 8.49. The van der Waals surface area contributed by atoms with Crippen LogP contribution in [0.3, 0.4) is 0 Å². The van der Waals surface area contributed by atoms with Crippen LogP contribution in [0.5, 0.6) is 0 Å². The van der Waals surface area contributed by atoms with Crippen molar-refractivity contribution in [2.75, 3.05) is 47.1 Å². The highest BCUT2D eigenvalue weighted by Gasteiger charge is 2.17. The van der Waals surface area contributed by atoms with Gasteiger partial charge in [0.1, 0.15) is 0 Å². The van der Waals surface area contributed by atoms with E-state index in [0.29, 0.717) is 19.8 Å². The van der Waals surface area contributed by atoms with Gasteiger partial charge in [-0.3, -0.25) is 4.90 Å². The van der Waals surface area contributed by atoms with Gasteiger partial charge in [-0.2, -0.15) is 0 Å². The number of hydrogen-bond donors (Lipinski definition) is 1. The molecule has 0 heterocycles. The summed E-state index contributed by atoms with van der Waals surface area (Å²) in [6.07, 6.45) is 3.11. The van der Waals surface area contributed by atoms with Crippen LogP contribution in [0.2, 0.25) is 0 Å². The number of fused-ring (bicyclic) bond motifs is 1. The van der Waals surface area contributed by atoms with Crippen molar-refractivity contribution in [1.29, 1.82) is 0 Å². The number of aliphatic hydroxyl groups excluding tert-OH is 1. The summed E-state index contributed by atoms with van der Waals surface area (Å²) in [7, 11) is 3.40. The van der Waals surface area contributed by atoms with Crippen molar-refractivity contribution in [3.8, 4) is 0 Å². The molecule has 118 valence electrons. The standard InChI is InChI=1S/C17H27NO3/c1-20-10-8-18(9-11-21-2)13-17(19)16-7-6-14-4-3-5-15(14)12-16/h6-7,12,17,19H,3-5,8-11,13H2,1-2H3. The molecule has 0 saturated carbocycles. The Bertz CT molecular complexity index is 428. The molecule has 0 saturated heterocycles. The third-order valence-electron chi connectivity index (χ3n) is 4.16. The average molecular weight is 293 g/mol. The Morgan fingerprint density at radius 1 is 1.10 bits per heavy atom. The lowest BCUT2D eigenvalue weighted by atomic mass is 10.0. The van der Waals surface area contributed by atoms with Crippen molar-refractivity contribution in [3.63, 3.8) is 0 Å². The van der Waals surface area contributed by atoms with E-state index in [1.54, 1.807) is 14.2 Å². The Hall–Kier alpha value is -0.940. The van der Waals surface area contributed by atoms with Gasteiger partial charge < -0.3 is 14.6 Å². The van der Waals surface area contributed by atoms with Crippen LogP contribution in [0.25, 0.3) is 0 Å². The molecule has 0 aromatic heterocycles. The number of methoxy groups -OCH3 is 2. The van der Waals surface area contributed by atoms with Gasteiger partial charge >= 0.3 is 0 Å². The number of aliphatic hydroxyl groups is 1. The Morgan fingerprint density at radius 2 is 1.76 bits per heavy atom. The first-order chi connectivity index (χ1) is 10.2. The highest BCUT2D eigenvalue weighted by molar-refractivity contribution is 5.36. The molecule has 0 spiro atoms. The van der Waals surface area contributed by atoms with Crippen LogP contribution in [0.4, 0.5) is 0 Å². The third kappa shape index (κ3) is 4.78. The van der Waals surface area contributed by atoms with Crippen LogP contribution in [0.15, 0.2) is 18.2 Å². The van der Waals surface area contributed by atoms with Gasteiger partial charge in [0.2, 0.25) is 0 Å². The van der Waals surface area contributed by atoms with Crippen molar-refractivity contribution in [2.24, 2.45) is 0 Å². The van der Waals surface area contributed by atoms with E-state index in [1.165, 1.54) is 24.0 Å². The summed E-state index contributed by atoms with van der Waals surface area (Å²) in [5, 5.41) is 10.5. The minimum Gasteiger partial charge on any atom is -0.387 e. The maximum atomic E-state index is 10.5. The fraction of sp³-hybridized carbons (Fsp3) is 0.647. The normalized spacial score (nSPS) is 15.4. The van der Waals surface area contributed by atoms with Crippen molar-refractivity contribution in [3.05, 3.63) is 34.9 Å². The zero-order valence-electron chi connectivity index (χ0n) is 13.2. The first-order valence-corrected chi connectivity index (χ1v) is 7.74. The van der Waals surface area contributed by atoms with E-state index in [-0.39, 0.29) is 0 Å². The molecule has 4 nitrogen and oxygen atoms in total. The minimum atomic E-state index is -0.454. The Labute approximate surface area is 127 Å². The third-order valence-corrected chi connectivity index (χ3v) is 4.16. The van der Waals surface area contributed by atoms with E-state index in [4.69, 9.17) is 9.47 Å². The second-order valence-electron chi connectivity index (χ2n) is 5.68. The largest absolute Gasteiger partial charge is 0.387 e. The number of ether oxygens (including phenoxy) is 2. The van der Waals surface area contributed by atoms with E-state index in [9.17, 15) is 5.11 Å². The summed E-state index contributed by atoms with van der Waals surface area (Å²) >= 11 is 0. The minimum absolute atomic E-state index is 0.454. The zero-order chi connectivity index (χ0) is 15.1. The fourth-order valence-electron chi connectivity index (χ4n) is 2.88. The molecule has 1 aromatic rings. The van der Waals surface area contributed by atoms with Crippen molar-refractivity contribution in [2.45, 2.75) is 25.4 Å². The summed E-state index contributed by atoms with van der Waals surface area (Å²) in [5.74, 6) is 0. The van der Waals surface area contributed by atoms with Gasteiger partial charge in [0.15, 0.2) is 0 Å². The fourth-order valence-corrected chi connectivity index (χ4v) is 2.88. The first kappa shape index (κ1) is 16.4. The SMILES string of the molecule is COCCN(CCOC)CC(O)c1ccc2c(c1)CCC2. The van der Waals surface area contributed by atoms with Gasteiger partial charge in [0.25, 0.3) is 0 Å². The lowest BCUT2D eigenvalue weighted by Crippen LogP contribution is -2.34. The number of nitrogens with zero attached hydrogens (tertiary/aromatic N) is 1. The average Bonchev–Trinajstić information content (AvgIpc) is 2.97. The summed E-state index contributed by atoms with van der Waals surface area (Å²) < 4.78 is 10.3. The van der Waals surface area contributed by atoms with Crippen molar-refractivity contribution in [1.82, 2.24) is 4.90 Å². The molecule has 4 heteroatoms. The van der Waals surface area contributed by atoms with Gasteiger partial charge in [-0.25, -0.2) is 0 Å². The predicted octanol–water partition coefficient (Wildman–Crippen LogP) is 1.80. The molecule has 1 aliphatic rings. The van der Waals surface area contributed by atoms with Crippen LogP contribution in [0, 0.1) is 0 Å². The lowest BCUT2D eigenvalue weighted by Gasteiger charge is -2.25. The molecule has 1 atom stereocenters.